The smallest absolute Gasteiger partial charge is 0.241 e. The molecule has 1 saturated heterocycles. The Morgan fingerprint density at radius 1 is 1.08 bits per heavy atom. The summed E-state index contributed by atoms with van der Waals surface area (Å²) in [4.78, 5) is 12.8. The van der Waals surface area contributed by atoms with Gasteiger partial charge in [-0.1, -0.05) is 42.5 Å². The highest BCUT2D eigenvalue weighted by Gasteiger charge is 2.27. The van der Waals surface area contributed by atoms with E-state index >= 15 is 0 Å². The third-order valence-electron chi connectivity index (χ3n) is 4.40. The van der Waals surface area contributed by atoms with E-state index in [-0.39, 0.29) is 28.3 Å². The van der Waals surface area contributed by atoms with E-state index < -0.39 is 10.0 Å². The van der Waals surface area contributed by atoms with Crippen LogP contribution in [0.25, 0.3) is 0 Å². The zero-order valence-corrected chi connectivity index (χ0v) is 14.9. The van der Waals surface area contributed by atoms with Gasteiger partial charge in [-0.2, -0.15) is 0 Å². The first-order chi connectivity index (χ1) is 12.0. The third-order valence-corrected chi connectivity index (χ3v) is 5.98. The van der Waals surface area contributed by atoms with Gasteiger partial charge in [-0.25, -0.2) is 13.1 Å². The number of ketones is 1. The van der Waals surface area contributed by atoms with Crippen LogP contribution in [0.2, 0.25) is 0 Å². The summed E-state index contributed by atoms with van der Waals surface area (Å²) >= 11 is 0. The first-order valence-corrected chi connectivity index (χ1v) is 9.90. The summed E-state index contributed by atoms with van der Waals surface area (Å²) in [5.74, 6) is -0.291. The van der Waals surface area contributed by atoms with E-state index in [1.165, 1.54) is 6.07 Å². The lowest BCUT2D eigenvalue weighted by atomic mass is 10.0. The maximum atomic E-state index is 12.9. The lowest BCUT2D eigenvalue weighted by Crippen LogP contribution is -2.46. The molecule has 0 aromatic heterocycles. The molecule has 0 spiro atoms. The molecule has 25 heavy (non-hydrogen) atoms. The number of hydrogen-bond acceptors (Lipinski definition) is 4. The Labute approximate surface area is 148 Å². The van der Waals surface area contributed by atoms with Crippen LogP contribution in [0, 0.1) is 0 Å². The van der Waals surface area contributed by atoms with Crippen LogP contribution in [0.1, 0.15) is 35.7 Å². The molecule has 1 aliphatic rings. The molecule has 0 aliphatic carbocycles. The second-order valence-electron chi connectivity index (χ2n) is 6.39. The monoisotopic (exact) mass is 358 g/mol. The van der Waals surface area contributed by atoms with E-state index in [0.29, 0.717) is 5.56 Å². The first kappa shape index (κ1) is 17.8. The highest BCUT2D eigenvalue weighted by Crippen LogP contribution is 2.21. The van der Waals surface area contributed by atoms with Crippen LogP contribution < -0.4 is 10.0 Å². The predicted molar refractivity (Wildman–Crippen MR) is 97.1 cm³/mol. The van der Waals surface area contributed by atoms with Crippen molar-refractivity contribution in [2.45, 2.75) is 36.7 Å². The van der Waals surface area contributed by atoms with Crippen molar-refractivity contribution in [3.63, 3.8) is 0 Å². The largest absolute Gasteiger partial charge is 0.314 e. The van der Waals surface area contributed by atoms with E-state index in [1.807, 2.05) is 13.0 Å². The molecule has 2 atom stereocenters. The minimum absolute atomic E-state index is 0.0371. The molecule has 2 aromatic carbocycles. The van der Waals surface area contributed by atoms with Crippen molar-refractivity contribution in [2.24, 2.45) is 0 Å². The molecule has 1 fully saturated rings. The fourth-order valence-electron chi connectivity index (χ4n) is 3.16. The van der Waals surface area contributed by atoms with Gasteiger partial charge in [0.2, 0.25) is 10.0 Å². The van der Waals surface area contributed by atoms with Crippen LogP contribution in [0.15, 0.2) is 59.5 Å². The second-order valence-corrected chi connectivity index (χ2v) is 8.07. The van der Waals surface area contributed by atoms with Crippen LogP contribution >= 0.6 is 0 Å². The van der Waals surface area contributed by atoms with Crippen LogP contribution in [-0.4, -0.2) is 32.8 Å². The molecular weight excluding hydrogens is 336 g/mol. The Kier molecular flexibility index (Phi) is 5.32. The normalized spacial score (nSPS) is 21.0. The highest BCUT2D eigenvalue weighted by atomic mass is 32.2. The number of carbonyl (C=O) groups excluding carboxylic acids is 1. The van der Waals surface area contributed by atoms with Gasteiger partial charge < -0.3 is 5.32 Å². The molecule has 2 aromatic rings. The SMILES string of the molecule is CC1CC(NS(=O)(=O)c2ccccc2C(=O)c2ccccc2)CCN1. The predicted octanol–water partition coefficient (Wildman–Crippen LogP) is 2.34. The molecule has 0 bridgehead atoms. The van der Waals surface area contributed by atoms with E-state index in [2.05, 4.69) is 10.0 Å². The van der Waals surface area contributed by atoms with E-state index in [4.69, 9.17) is 0 Å². The van der Waals surface area contributed by atoms with Gasteiger partial charge in [-0.15, -0.1) is 0 Å². The summed E-state index contributed by atoms with van der Waals surface area (Å²) < 4.78 is 28.5. The molecule has 1 heterocycles. The molecule has 2 unspecified atom stereocenters. The molecule has 1 aliphatic heterocycles. The number of nitrogens with one attached hydrogen (secondary N) is 2. The van der Waals surface area contributed by atoms with Gasteiger partial charge in [0, 0.05) is 23.2 Å². The molecule has 5 nitrogen and oxygen atoms in total. The van der Waals surface area contributed by atoms with Crippen molar-refractivity contribution in [2.75, 3.05) is 6.54 Å². The molecule has 0 saturated carbocycles. The van der Waals surface area contributed by atoms with E-state index in [9.17, 15) is 13.2 Å². The summed E-state index contributed by atoms with van der Waals surface area (Å²) in [5.41, 5.74) is 0.670. The van der Waals surface area contributed by atoms with Gasteiger partial charge in [0.1, 0.15) is 0 Å². The number of benzene rings is 2. The summed E-state index contributed by atoms with van der Waals surface area (Å²) in [6.07, 6.45) is 1.46. The lowest BCUT2D eigenvalue weighted by Gasteiger charge is -2.28. The Balaban J connectivity index is 1.90. The summed E-state index contributed by atoms with van der Waals surface area (Å²) in [7, 11) is -3.77. The van der Waals surface area contributed by atoms with Crippen molar-refractivity contribution in [1.82, 2.24) is 10.0 Å². The number of sulfonamides is 1. The number of hydrogen-bond donors (Lipinski definition) is 2. The number of rotatable bonds is 5. The summed E-state index contributed by atoms with van der Waals surface area (Å²) in [6.45, 7) is 2.81. The van der Waals surface area contributed by atoms with Crippen molar-refractivity contribution >= 4 is 15.8 Å². The van der Waals surface area contributed by atoms with E-state index in [1.54, 1.807) is 42.5 Å². The minimum atomic E-state index is -3.77. The van der Waals surface area contributed by atoms with Gasteiger partial charge in [-0.05, 0) is 38.4 Å². The fourth-order valence-corrected chi connectivity index (χ4v) is 4.64. The molecule has 0 radical (unpaired) electrons. The maximum Gasteiger partial charge on any atom is 0.241 e. The number of piperidine rings is 1. The zero-order chi connectivity index (χ0) is 17.9. The van der Waals surface area contributed by atoms with Gasteiger partial charge in [0.05, 0.1) is 4.90 Å². The van der Waals surface area contributed by atoms with Crippen molar-refractivity contribution in [3.05, 3.63) is 65.7 Å². The van der Waals surface area contributed by atoms with Crippen LogP contribution in [-0.2, 0) is 10.0 Å². The van der Waals surface area contributed by atoms with Crippen molar-refractivity contribution < 1.29 is 13.2 Å². The van der Waals surface area contributed by atoms with Gasteiger partial charge in [0.25, 0.3) is 0 Å². The van der Waals surface area contributed by atoms with Crippen molar-refractivity contribution in [1.29, 1.82) is 0 Å². The van der Waals surface area contributed by atoms with Crippen molar-refractivity contribution in [3.8, 4) is 0 Å². The van der Waals surface area contributed by atoms with Crippen LogP contribution in [0.5, 0.6) is 0 Å². The Morgan fingerprint density at radius 2 is 1.76 bits per heavy atom. The standard InChI is InChI=1S/C19H22N2O3S/c1-14-13-16(11-12-20-14)21-25(23,24)18-10-6-5-9-17(18)19(22)15-7-3-2-4-8-15/h2-10,14,16,20-21H,11-13H2,1H3. The Bertz CT molecular complexity index is 850. The van der Waals surface area contributed by atoms with Crippen LogP contribution in [0.4, 0.5) is 0 Å². The van der Waals surface area contributed by atoms with Gasteiger partial charge in [-0.3, -0.25) is 4.79 Å². The van der Waals surface area contributed by atoms with Crippen LogP contribution in [0.3, 0.4) is 0 Å². The second kappa shape index (κ2) is 7.47. The summed E-state index contributed by atoms with van der Waals surface area (Å²) in [6, 6.07) is 15.2. The Hall–Kier alpha value is -2.02. The topological polar surface area (TPSA) is 75.3 Å². The molecule has 2 N–H and O–H groups in total. The lowest BCUT2D eigenvalue weighted by molar-refractivity contribution is 0.103. The molecule has 3 rings (SSSR count). The minimum Gasteiger partial charge on any atom is -0.314 e. The maximum absolute atomic E-state index is 12.9. The molecule has 6 heteroatoms. The molecule has 132 valence electrons. The quantitative estimate of drug-likeness (QED) is 0.805. The fraction of sp³-hybridized carbons (Fsp3) is 0.316. The Morgan fingerprint density at radius 3 is 2.48 bits per heavy atom. The molecule has 0 amide bonds. The van der Waals surface area contributed by atoms with Gasteiger partial charge >= 0.3 is 0 Å². The molecular formula is C19H22N2O3S. The third kappa shape index (κ3) is 4.15. The highest BCUT2D eigenvalue weighted by molar-refractivity contribution is 7.89. The zero-order valence-electron chi connectivity index (χ0n) is 14.1. The number of carbonyl (C=O) groups is 1. The average molecular weight is 358 g/mol. The van der Waals surface area contributed by atoms with E-state index in [0.717, 1.165) is 19.4 Å². The summed E-state index contributed by atoms with van der Waals surface area (Å²) in [5, 5.41) is 3.30. The van der Waals surface area contributed by atoms with Gasteiger partial charge in [0.15, 0.2) is 5.78 Å². The first-order valence-electron chi connectivity index (χ1n) is 8.42. The average Bonchev–Trinajstić information content (AvgIpc) is 2.61.